The minimum atomic E-state index is -0.187. The summed E-state index contributed by atoms with van der Waals surface area (Å²) in [5, 5.41) is 0. The maximum atomic E-state index is 11.5. The number of ether oxygens (including phenoxy) is 2. The van der Waals surface area contributed by atoms with Gasteiger partial charge in [0.2, 0.25) is 5.88 Å². The number of methoxy groups -OCH3 is 2. The standard InChI is InChI=1S/C13H19N3O3/c1-18-12-9-14-8-11(15-12)16-6-4-3-5-10(16)7-13(17)19-2/h8-10H,3-7H2,1-2H3. The van der Waals surface area contributed by atoms with Gasteiger partial charge in [-0.25, -0.2) is 0 Å². The van der Waals surface area contributed by atoms with Crippen LogP contribution in [0, 0.1) is 0 Å². The minimum Gasteiger partial charge on any atom is -0.480 e. The summed E-state index contributed by atoms with van der Waals surface area (Å²) >= 11 is 0. The molecule has 1 aliphatic heterocycles. The summed E-state index contributed by atoms with van der Waals surface area (Å²) in [7, 11) is 2.98. The molecule has 1 saturated heterocycles. The number of carbonyl (C=O) groups excluding carboxylic acids is 1. The van der Waals surface area contributed by atoms with Crippen molar-refractivity contribution in [1.82, 2.24) is 9.97 Å². The molecule has 6 nitrogen and oxygen atoms in total. The quantitative estimate of drug-likeness (QED) is 0.767. The highest BCUT2D eigenvalue weighted by atomic mass is 16.5. The number of hydrogen-bond acceptors (Lipinski definition) is 6. The lowest BCUT2D eigenvalue weighted by atomic mass is 9.99. The number of anilines is 1. The lowest BCUT2D eigenvalue weighted by Crippen LogP contribution is -2.41. The average Bonchev–Trinajstić information content (AvgIpc) is 2.47. The molecule has 1 fully saturated rings. The van der Waals surface area contributed by atoms with Gasteiger partial charge in [-0.05, 0) is 19.3 Å². The van der Waals surface area contributed by atoms with Gasteiger partial charge in [0.1, 0.15) is 0 Å². The summed E-state index contributed by atoms with van der Waals surface area (Å²) in [5.74, 6) is 1.06. The van der Waals surface area contributed by atoms with Gasteiger partial charge in [-0.3, -0.25) is 9.78 Å². The van der Waals surface area contributed by atoms with Crippen molar-refractivity contribution in [2.45, 2.75) is 31.7 Å². The smallest absolute Gasteiger partial charge is 0.307 e. The van der Waals surface area contributed by atoms with Crippen LogP contribution in [0.3, 0.4) is 0 Å². The van der Waals surface area contributed by atoms with Gasteiger partial charge >= 0.3 is 5.97 Å². The molecule has 0 aromatic carbocycles. The van der Waals surface area contributed by atoms with Crippen LogP contribution in [0.1, 0.15) is 25.7 Å². The van der Waals surface area contributed by atoms with E-state index in [2.05, 4.69) is 14.9 Å². The molecule has 19 heavy (non-hydrogen) atoms. The Morgan fingerprint density at radius 1 is 1.42 bits per heavy atom. The molecule has 0 radical (unpaired) electrons. The van der Waals surface area contributed by atoms with E-state index in [1.807, 2.05) is 0 Å². The first kappa shape index (κ1) is 13.6. The van der Waals surface area contributed by atoms with Crippen LogP contribution in [0.4, 0.5) is 5.82 Å². The highest BCUT2D eigenvalue weighted by molar-refractivity contribution is 5.70. The topological polar surface area (TPSA) is 64.5 Å². The predicted octanol–water partition coefficient (Wildman–Crippen LogP) is 1.41. The highest BCUT2D eigenvalue weighted by Gasteiger charge is 2.26. The van der Waals surface area contributed by atoms with Crippen LogP contribution >= 0.6 is 0 Å². The lowest BCUT2D eigenvalue weighted by Gasteiger charge is -2.35. The number of carbonyl (C=O) groups is 1. The second-order valence-corrected chi connectivity index (χ2v) is 4.54. The molecule has 0 amide bonds. The second kappa shape index (κ2) is 6.36. The minimum absolute atomic E-state index is 0.127. The van der Waals surface area contributed by atoms with Crippen LogP contribution in [-0.4, -0.2) is 42.7 Å². The number of hydrogen-bond donors (Lipinski definition) is 0. The van der Waals surface area contributed by atoms with E-state index in [0.717, 1.165) is 31.6 Å². The molecule has 0 saturated carbocycles. The van der Waals surface area contributed by atoms with Crippen molar-refractivity contribution in [2.24, 2.45) is 0 Å². The zero-order chi connectivity index (χ0) is 13.7. The van der Waals surface area contributed by atoms with E-state index in [9.17, 15) is 4.79 Å². The van der Waals surface area contributed by atoms with Gasteiger partial charge < -0.3 is 14.4 Å². The zero-order valence-electron chi connectivity index (χ0n) is 11.3. The van der Waals surface area contributed by atoms with E-state index in [-0.39, 0.29) is 12.0 Å². The Kier molecular flexibility index (Phi) is 4.54. The molecule has 2 rings (SSSR count). The van der Waals surface area contributed by atoms with Crippen LogP contribution < -0.4 is 9.64 Å². The van der Waals surface area contributed by atoms with Crippen molar-refractivity contribution in [3.63, 3.8) is 0 Å². The van der Waals surface area contributed by atoms with Gasteiger partial charge in [0, 0.05) is 12.6 Å². The first-order valence-electron chi connectivity index (χ1n) is 6.44. The Balaban J connectivity index is 2.15. The van der Waals surface area contributed by atoms with Crippen molar-refractivity contribution in [3.05, 3.63) is 12.4 Å². The number of piperidine rings is 1. The molecule has 0 bridgehead atoms. The Hall–Kier alpha value is -1.85. The van der Waals surface area contributed by atoms with Crippen LogP contribution in [0.15, 0.2) is 12.4 Å². The third-order valence-corrected chi connectivity index (χ3v) is 3.36. The summed E-state index contributed by atoms with van der Waals surface area (Å²) < 4.78 is 9.85. The van der Waals surface area contributed by atoms with Crippen molar-refractivity contribution in [3.8, 4) is 5.88 Å². The van der Waals surface area contributed by atoms with Crippen molar-refractivity contribution in [2.75, 3.05) is 25.7 Å². The Bertz CT molecular complexity index is 439. The zero-order valence-corrected chi connectivity index (χ0v) is 11.3. The SMILES string of the molecule is COC(=O)CC1CCCCN1c1cncc(OC)n1. The fraction of sp³-hybridized carbons (Fsp3) is 0.615. The molecule has 0 N–H and O–H groups in total. The molecule has 104 valence electrons. The lowest BCUT2D eigenvalue weighted by molar-refractivity contribution is -0.141. The molecular formula is C13H19N3O3. The molecule has 1 unspecified atom stereocenters. The third kappa shape index (κ3) is 3.33. The van der Waals surface area contributed by atoms with Gasteiger partial charge in [-0.1, -0.05) is 0 Å². The molecule has 6 heteroatoms. The van der Waals surface area contributed by atoms with E-state index in [1.54, 1.807) is 19.5 Å². The van der Waals surface area contributed by atoms with Crippen LogP contribution in [-0.2, 0) is 9.53 Å². The molecule has 2 heterocycles. The molecule has 1 atom stereocenters. The Labute approximate surface area is 112 Å². The van der Waals surface area contributed by atoms with Crippen molar-refractivity contribution < 1.29 is 14.3 Å². The summed E-state index contributed by atoms with van der Waals surface area (Å²) in [6.07, 6.45) is 6.84. The number of rotatable bonds is 4. The van der Waals surface area contributed by atoms with Gasteiger partial charge in [-0.2, -0.15) is 4.98 Å². The maximum Gasteiger partial charge on any atom is 0.307 e. The van der Waals surface area contributed by atoms with Gasteiger partial charge in [0.05, 0.1) is 33.0 Å². The molecular weight excluding hydrogens is 246 g/mol. The van der Waals surface area contributed by atoms with E-state index in [4.69, 9.17) is 9.47 Å². The van der Waals surface area contributed by atoms with E-state index in [1.165, 1.54) is 7.11 Å². The first-order valence-corrected chi connectivity index (χ1v) is 6.44. The monoisotopic (exact) mass is 265 g/mol. The fourth-order valence-corrected chi connectivity index (χ4v) is 2.37. The summed E-state index contributed by atoms with van der Waals surface area (Å²) in [6, 6.07) is 0.127. The third-order valence-electron chi connectivity index (χ3n) is 3.36. The van der Waals surface area contributed by atoms with Gasteiger partial charge in [-0.15, -0.1) is 0 Å². The first-order chi connectivity index (χ1) is 9.24. The molecule has 0 aliphatic carbocycles. The van der Waals surface area contributed by atoms with E-state index >= 15 is 0 Å². The normalized spacial score (nSPS) is 19.1. The van der Waals surface area contributed by atoms with E-state index < -0.39 is 0 Å². The van der Waals surface area contributed by atoms with Crippen molar-refractivity contribution in [1.29, 1.82) is 0 Å². The fourth-order valence-electron chi connectivity index (χ4n) is 2.37. The van der Waals surface area contributed by atoms with Gasteiger partial charge in [0.15, 0.2) is 5.82 Å². The summed E-state index contributed by atoms with van der Waals surface area (Å²) in [6.45, 7) is 0.878. The Morgan fingerprint density at radius 3 is 3.00 bits per heavy atom. The van der Waals surface area contributed by atoms with E-state index in [0.29, 0.717) is 12.3 Å². The average molecular weight is 265 g/mol. The molecule has 0 spiro atoms. The number of esters is 1. The Morgan fingerprint density at radius 2 is 2.26 bits per heavy atom. The largest absolute Gasteiger partial charge is 0.480 e. The summed E-state index contributed by atoms with van der Waals surface area (Å²) in [5.41, 5.74) is 0. The molecule has 1 aliphatic rings. The predicted molar refractivity (Wildman–Crippen MR) is 70.2 cm³/mol. The second-order valence-electron chi connectivity index (χ2n) is 4.54. The highest BCUT2D eigenvalue weighted by Crippen LogP contribution is 2.25. The van der Waals surface area contributed by atoms with Crippen LogP contribution in [0.5, 0.6) is 5.88 Å². The van der Waals surface area contributed by atoms with Crippen molar-refractivity contribution >= 4 is 11.8 Å². The van der Waals surface area contributed by atoms with Gasteiger partial charge in [0.25, 0.3) is 0 Å². The summed E-state index contributed by atoms with van der Waals surface area (Å²) in [4.78, 5) is 22.1. The molecule has 1 aromatic rings. The molecule has 1 aromatic heterocycles. The number of nitrogens with zero attached hydrogens (tertiary/aromatic N) is 3. The van der Waals surface area contributed by atoms with Crippen LogP contribution in [0.25, 0.3) is 0 Å². The van der Waals surface area contributed by atoms with Crippen LogP contribution in [0.2, 0.25) is 0 Å². The maximum absolute atomic E-state index is 11.5. The number of aromatic nitrogens is 2.